The van der Waals surface area contributed by atoms with Gasteiger partial charge in [-0.25, -0.2) is 0 Å². The number of hydrogen-bond donors (Lipinski definition) is 1. The first kappa shape index (κ1) is 11.3. The second-order valence-electron chi connectivity index (χ2n) is 3.43. The summed E-state index contributed by atoms with van der Waals surface area (Å²) in [5.41, 5.74) is 8.08. The predicted octanol–water partition coefficient (Wildman–Crippen LogP) is 3.18. The highest BCUT2D eigenvalue weighted by atomic mass is 35.5. The van der Waals surface area contributed by atoms with E-state index in [1.165, 1.54) is 11.1 Å². The van der Waals surface area contributed by atoms with Gasteiger partial charge in [0.25, 0.3) is 0 Å². The van der Waals surface area contributed by atoms with Crippen molar-refractivity contribution in [3.05, 3.63) is 46.5 Å². The van der Waals surface area contributed by atoms with Crippen LogP contribution in [0.15, 0.2) is 35.9 Å². The van der Waals surface area contributed by atoms with Crippen molar-refractivity contribution < 1.29 is 0 Å². The zero-order valence-corrected chi connectivity index (χ0v) is 9.22. The third-order valence-corrected chi connectivity index (χ3v) is 2.31. The minimum atomic E-state index is 0.720. The Bertz CT molecular complexity index is 301. The molecule has 0 spiro atoms. The Morgan fingerprint density at radius 3 is 2.57 bits per heavy atom. The molecule has 76 valence electrons. The van der Waals surface area contributed by atoms with E-state index in [-0.39, 0.29) is 0 Å². The van der Waals surface area contributed by atoms with Gasteiger partial charge in [0.05, 0.1) is 0 Å². The molecule has 0 saturated heterocycles. The number of hydrogen-bond acceptors (Lipinski definition) is 1. The second-order valence-corrected chi connectivity index (χ2v) is 3.87. The van der Waals surface area contributed by atoms with Gasteiger partial charge in [0, 0.05) is 5.02 Å². The van der Waals surface area contributed by atoms with Crippen molar-refractivity contribution in [2.24, 2.45) is 5.73 Å². The lowest BCUT2D eigenvalue weighted by Gasteiger charge is -2.01. The maximum Gasteiger partial charge on any atom is 0.0406 e. The van der Waals surface area contributed by atoms with Crippen LogP contribution in [0.25, 0.3) is 0 Å². The molecule has 1 aromatic carbocycles. The van der Waals surface area contributed by atoms with Gasteiger partial charge < -0.3 is 5.73 Å². The number of rotatable bonds is 4. The molecule has 0 unspecified atom stereocenters. The fraction of sp³-hybridized carbons (Fsp3) is 0.333. The fourth-order valence-corrected chi connectivity index (χ4v) is 1.45. The minimum Gasteiger partial charge on any atom is -0.330 e. The first-order chi connectivity index (χ1) is 6.72. The van der Waals surface area contributed by atoms with Crippen LogP contribution in [0.4, 0.5) is 0 Å². The number of allylic oxidation sites excluding steroid dienone is 1. The number of benzene rings is 1. The normalized spacial score (nSPS) is 11.8. The SMILES string of the molecule is CC(=CCCN)Cc1ccc(Cl)cc1. The highest BCUT2D eigenvalue weighted by molar-refractivity contribution is 6.30. The van der Waals surface area contributed by atoms with E-state index in [1.807, 2.05) is 12.1 Å². The summed E-state index contributed by atoms with van der Waals surface area (Å²) in [6, 6.07) is 7.96. The van der Waals surface area contributed by atoms with Crippen molar-refractivity contribution in [3.8, 4) is 0 Å². The monoisotopic (exact) mass is 209 g/mol. The van der Waals surface area contributed by atoms with Gasteiger partial charge in [0.1, 0.15) is 0 Å². The zero-order valence-electron chi connectivity index (χ0n) is 8.46. The first-order valence-electron chi connectivity index (χ1n) is 4.82. The van der Waals surface area contributed by atoms with Crippen LogP contribution in [0.2, 0.25) is 5.02 Å². The predicted molar refractivity (Wildman–Crippen MR) is 62.6 cm³/mol. The molecule has 0 amide bonds. The fourth-order valence-electron chi connectivity index (χ4n) is 1.33. The summed E-state index contributed by atoms with van der Waals surface area (Å²) >= 11 is 5.80. The molecular formula is C12H16ClN. The van der Waals surface area contributed by atoms with Gasteiger partial charge in [-0.2, -0.15) is 0 Å². The van der Waals surface area contributed by atoms with E-state index < -0.39 is 0 Å². The summed E-state index contributed by atoms with van der Waals surface area (Å²) < 4.78 is 0. The quantitative estimate of drug-likeness (QED) is 0.758. The van der Waals surface area contributed by atoms with E-state index in [0.29, 0.717) is 0 Å². The second kappa shape index (κ2) is 5.84. The van der Waals surface area contributed by atoms with Crippen LogP contribution in [0.5, 0.6) is 0 Å². The highest BCUT2D eigenvalue weighted by Gasteiger charge is 1.94. The van der Waals surface area contributed by atoms with Gasteiger partial charge in [-0.1, -0.05) is 35.4 Å². The maximum atomic E-state index is 5.80. The molecule has 14 heavy (non-hydrogen) atoms. The molecule has 0 fully saturated rings. The van der Waals surface area contributed by atoms with Crippen molar-refractivity contribution >= 4 is 11.6 Å². The van der Waals surface area contributed by atoms with Crippen LogP contribution in [0.3, 0.4) is 0 Å². The molecule has 0 bridgehead atoms. The van der Waals surface area contributed by atoms with E-state index in [9.17, 15) is 0 Å². The van der Waals surface area contributed by atoms with Crippen LogP contribution >= 0.6 is 11.6 Å². The van der Waals surface area contributed by atoms with Gasteiger partial charge in [0.2, 0.25) is 0 Å². The maximum absolute atomic E-state index is 5.80. The average molecular weight is 210 g/mol. The topological polar surface area (TPSA) is 26.0 Å². The average Bonchev–Trinajstić information content (AvgIpc) is 2.18. The third kappa shape index (κ3) is 3.95. The number of nitrogens with two attached hydrogens (primary N) is 1. The van der Waals surface area contributed by atoms with Crippen LogP contribution < -0.4 is 5.73 Å². The molecule has 0 aliphatic heterocycles. The molecule has 0 saturated carbocycles. The van der Waals surface area contributed by atoms with Crippen LogP contribution in [0.1, 0.15) is 18.9 Å². The highest BCUT2D eigenvalue weighted by Crippen LogP contribution is 2.12. The summed E-state index contributed by atoms with van der Waals surface area (Å²) in [6.45, 7) is 2.85. The lowest BCUT2D eigenvalue weighted by molar-refractivity contribution is 0.981. The van der Waals surface area contributed by atoms with Crippen molar-refractivity contribution in [1.29, 1.82) is 0 Å². The lowest BCUT2D eigenvalue weighted by Crippen LogP contribution is -1.96. The molecule has 1 aromatic rings. The molecule has 0 aromatic heterocycles. The summed E-state index contributed by atoms with van der Waals surface area (Å²) in [4.78, 5) is 0. The molecule has 0 aliphatic rings. The van der Waals surface area contributed by atoms with Gasteiger partial charge in [-0.3, -0.25) is 0 Å². The van der Waals surface area contributed by atoms with Crippen LogP contribution in [-0.4, -0.2) is 6.54 Å². The Hall–Kier alpha value is -0.790. The number of halogens is 1. The Balaban J connectivity index is 2.56. The summed E-state index contributed by atoms with van der Waals surface area (Å²) in [7, 11) is 0. The Morgan fingerprint density at radius 2 is 2.00 bits per heavy atom. The van der Waals surface area contributed by atoms with E-state index in [1.54, 1.807) is 0 Å². The molecule has 0 radical (unpaired) electrons. The zero-order chi connectivity index (χ0) is 10.4. The molecule has 1 rings (SSSR count). The Labute approximate surface area is 90.6 Å². The van der Waals surface area contributed by atoms with E-state index in [0.717, 1.165) is 24.4 Å². The molecule has 0 aliphatic carbocycles. The minimum absolute atomic E-state index is 0.720. The van der Waals surface area contributed by atoms with Gasteiger partial charge in [-0.05, 0) is 44.0 Å². The molecule has 1 nitrogen and oxygen atoms in total. The van der Waals surface area contributed by atoms with Gasteiger partial charge in [-0.15, -0.1) is 0 Å². The molecule has 2 N–H and O–H groups in total. The molecule has 0 atom stereocenters. The van der Waals surface area contributed by atoms with Crippen molar-refractivity contribution in [1.82, 2.24) is 0 Å². The van der Waals surface area contributed by atoms with Crippen molar-refractivity contribution in [2.45, 2.75) is 19.8 Å². The third-order valence-electron chi connectivity index (χ3n) is 2.06. The van der Waals surface area contributed by atoms with Crippen molar-refractivity contribution in [3.63, 3.8) is 0 Å². The van der Waals surface area contributed by atoms with E-state index in [4.69, 9.17) is 17.3 Å². The smallest absolute Gasteiger partial charge is 0.0406 e. The summed E-state index contributed by atoms with van der Waals surface area (Å²) in [5, 5.41) is 0.789. The Morgan fingerprint density at radius 1 is 1.36 bits per heavy atom. The summed E-state index contributed by atoms with van der Waals surface area (Å²) in [6.07, 6.45) is 4.13. The van der Waals surface area contributed by atoms with Crippen LogP contribution in [-0.2, 0) is 6.42 Å². The Kier molecular flexibility index (Phi) is 4.71. The van der Waals surface area contributed by atoms with E-state index in [2.05, 4.69) is 25.1 Å². The molecular weight excluding hydrogens is 194 g/mol. The standard InChI is InChI=1S/C12H16ClN/c1-10(3-2-8-14)9-11-4-6-12(13)7-5-11/h3-7H,2,8-9,14H2,1H3. The van der Waals surface area contributed by atoms with E-state index >= 15 is 0 Å². The molecule has 0 heterocycles. The lowest BCUT2D eigenvalue weighted by atomic mass is 10.1. The van der Waals surface area contributed by atoms with Gasteiger partial charge in [0.15, 0.2) is 0 Å². The van der Waals surface area contributed by atoms with Crippen molar-refractivity contribution in [2.75, 3.05) is 6.54 Å². The largest absolute Gasteiger partial charge is 0.330 e. The summed E-state index contributed by atoms with van der Waals surface area (Å²) in [5.74, 6) is 0. The van der Waals surface area contributed by atoms with Gasteiger partial charge >= 0.3 is 0 Å². The van der Waals surface area contributed by atoms with Crippen LogP contribution in [0, 0.1) is 0 Å². The molecule has 2 heteroatoms. The first-order valence-corrected chi connectivity index (χ1v) is 5.20.